The molecule has 8 heteroatoms. The Kier molecular flexibility index (Phi) is 5.32. The van der Waals surface area contributed by atoms with Crippen LogP contribution in [-0.2, 0) is 6.54 Å². The van der Waals surface area contributed by atoms with Gasteiger partial charge in [-0.2, -0.15) is 0 Å². The van der Waals surface area contributed by atoms with Crippen LogP contribution in [0.25, 0.3) is 0 Å². The summed E-state index contributed by atoms with van der Waals surface area (Å²) in [6.45, 7) is -0.0115. The highest BCUT2D eigenvalue weighted by atomic mass is 19.1. The van der Waals surface area contributed by atoms with Gasteiger partial charge in [0, 0.05) is 35.5 Å². The largest absolute Gasteiger partial charge is 0.508 e. The van der Waals surface area contributed by atoms with E-state index >= 15 is 0 Å². The van der Waals surface area contributed by atoms with E-state index in [-0.39, 0.29) is 29.8 Å². The molecule has 0 saturated carbocycles. The Morgan fingerprint density at radius 1 is 1.20 bits per heavy atom. The molecule has 0 bridgehead atoms. The number of benzene rings is 3. The Labute approximate surface area is 172 Å². The SMILES string of the molecule is Nc1ccc(C(=O)NCc2ccc(O)cc2F)cc1N=CC1NNc2ccccc21. The van der Waals surface area contributed by atoms with Crippen LogP contribution in [0.4, 0.5) is 21.5 Å². The Morgan fingerprint density at radius 3 is 2.87 bits per heavy atom. The summed E-state index contributed by atoms with van der Waals surface area (Å²) in [6.07, 6.45) is 1.72. The number of halogens is 1. The predicted octanol–water partition coefficient (Wildman–Crippen LogP) is 3.42. The second kappa shape index (κ2) is 8.22. The molecule has 6 N–H and O–H groups in total. The number of aliphatic imine (C=N–C) groups is 1. The van der Waals surface area contributed by atoms with E-state index in [9.17, 15) is 14.3 Å². The van der Waals surface area contributed by atoms with Gasteiger partial charge in [0.1, 0.15) is 11.6 Å². The fraction of sp³-hybridized carbons (Fsp3) is 0.0909. The van der Waals surface area contributed by atoms with Gasteiger partial charge in [0.25, 0.3) is 5.91 Å². The predicted molar refractivity (Wildman–Crippen MR) is 114 cm³/mol. The molecule has 0 radical (unpaired) electrons. The average Bonchev–Trinajstić information content (AvgIpc) is 3.15. The highest BCUT2D eigenvalue weighted by molar-refractivity contribution is 5.96. The van der Waals surface area contributed by atoms with Crippen molar-refractivity contribution in [2.24, 2.45) is 4.99 Å². The number of fused-ring (bicyclic) bond motifs is 1. The lowest BCUT2D eigenvalue weighted by Gasteiger charge is -2.09. The molecule has 3 aromatic carbocycles. The van der Waals surface area contributed by atoms with Gasteiger partial charge in [-0.05, 0) is 30.3 Å². The van der Waals surface area contributed by atoms with E-state index in [0.29, 0.717) is 16.9 Å². The minimum Gasteiger partial charge on any atom is -0.508 e. The molecule has 0 aromatic heterocycles. The highest BCUT2D eigenvalue weighted by Crippen LogP contribution is 2.28. The lowest BCUT2D eigenvalue weighted by atomic mass is 10.1. The van der Waals surface area contributed by atoms with Crippen LogP contribution in [-0.4, -0.2) is 17.2 Å². The molecule has 0 saturated heterocycles. The van der Waals surface area contributed by atoms with Crippen LogP contribution in [0.1, 0.15) is 27.5 Å². The van der Waals surface area contributed by atoms with Crippen molar-refractivity contribution in [2.75, 3.05) is 11.2 Å². The van der Waals surface area contributed by atoms with Crippen molar-refractivity contribution in [3.63, 3.8) is 0 Å². The van der Waals surface area contributed by atoms with Crippen LogP contribution in [0.3, 0.4) is 0 Å². The summed E-state index contributed by atoms with van der Waals surface area (Å²) in [5.41, 5.74) is 15.8. The van der Waals surface area contributed by atoms with Crippen molar-refractivity contribution >= 4 is 29.2 Å². The number of phenols is 1. The molecule has 152 valence electrons. The Morgan fingerprint density at radius 2 is 2.03 bits per heavy atom. The summed E-state index contributed by atoms with van der Waals surface area (Å²) in [7, 11) is 0. The molecule has 1 amide bonds. The number of para-hydroxylation sites is 1. The number of nitrogens with one attached hydrogen (secondary N) is 3. The number of carbonyl (C=O) groups excluding carboxylic acids is 1. The number of phenolic OH excluding ortho intramolecular Hbond substituents is 1. The summed E-state index contributed by atoms with van der Waals surface area (Å²) in [6, 6.07) is 16.3. The molecule has 4 rings (SSSR count). The molecule has 1 heterocycles. The van der Waals surface area contributed by atoms with Crippen molar-refractivity contribution < 1.29 is 14.3 Å². The van der Waals surface area contributed by atoms with Gasteiger partial charge in [0.15, 0.2) is 0 Å². The van der Waals surface area contributed by atoms with Crippen LogP contribution in [0.5, 0.6) is 5.75 Å². The number of carbonyl (C=O) groups is 1. The van der Waals surface area contributed by atoms with Crippen molar-refractivity contribution in [1.29, 1.82) is 0 Å². The van der Waals surface area contributed by atoms with E-state index in [1.165, 1.54) is 12.1 Å². The number of aromatic hydroxyl groups is 1. The van der Waals surface area contributed by atoms with Crippen molar-refractivity contribution in [3.8, 4) is 5.75 Å². The van der Waals surface area contributed by atoms with Gasteiger partial charge >= 0.3 is 0 Å². The first kappa shape index (κ1) is 19.4. The fourth-order valence-electron chi connectivity index (χ4n) is 3.14. The smallest absolute Gasteiger partial charge is 0.251 e. The molecule has 1 atom stereocenters. The number of hydrogen-bond donors (Lipinski definition) is 5. The number of anilines is 2. The number of hydrazine groups is 1. The number of nitrogens with two attached hydrogens (primary N) is 1. The molecule has 7 nitrogen and oxygen atoms in total. The van der Waals surface area contributed by atoms with Gasteiger partial charge in [-0.3, -0.25) is 9.79 Å². The number of nitrogen functional groups attached to an aromatic ring is 1. The highest BCUT2D eigenvalue weighted by Gasteiger charge is 2.19. The van der Waals surface area contributed by atoms with Gasteiger partial charge < -0.3 is 21.6 Å². The summed E-state index contributed by atoms with van der Waals surface area (Å²) in [5, 5.41) is 11.9. The molecule has 1 aliphatic heterocycles. The summed E-state index contributed by atoms with van der Waals surface area (Å²) in [5.74, 6) is -1.14. The van der Waals surface area contributed by atoms with Crippen molar-refractivity contribution in [1.82, 2.24) is 10.7 Å². The summed E-state index contributed by atoms with van der Waals surface area (Å²) >= 11 is 0. The maximum Gasteiger partial charge on any atom is 0.251 e. The standard InChI is InChI=1S/C22H20FN5O2/c23-17-10-15(29)7-5-14(17)11-26-22(30)13-6-8-18(24)20(9-13)25-12-21-16-3-1-2-4-19(16)27-28-21/h1-10,12,21,27-29H,11,24H2,(H,26,30). The topological polar surface area (TPSA) is 112 Å². The van der Waals surface area contributed by atoms with Crippen LogP contribution in [0, 0.1) is 5.82 Å². The van der Waals surface area contributed by atoms with Crippen LogP contribution < -0.4 is 21.9 Å². The van der Waals surface area contributed by atoms with Gasteiger partial charge in [-0.15, -0.1) is 0 Å². The van der Waals surface area contributed by atoms with Gasteiger partial charge in [-0.25, -0.2) is 9.82 Å². The second-order valence-corrected chi connectivity index (χ2v) is 6.84. The van der Waals surface area contributed by atoms with Gasteiger partial charge in [0.05, 0.1) is 23.1 Å². The van der Waals surface area contributed by atoms with Crippen LogP contribution >= 0.6 is 0 Å². The van der Waals surface area contributed by atoms with Crippen molar-refractivity contribution in [2.45, 2.75) is 12.6 Å². The molecular weight excluding hydrogens is 385 g/mol. The lowest BCUT2D eigenvalue weighted by molar-refractivity contribution is 0.0950. The Hall–Kier alpha value is -3.91. The van der Waals surface area contributed by atoms with Gasteiger partial charge in [-0.1, -0.05) is 24.3 Å². The quantitative estimate of drug-likeness (QED) is 0.330. The van der Waals surface area contributed by atoms with E-state index < -0.39 is 5.82 Å². The molecule has 0 spiro atoms. The fourth-order valence-corrected chi connectivity index (χ4v) is 3.14. The molecule has 1 aliphatic rings. The third-order valence-corrected chi connectivity index (χ3v) is 4.79. The second-order valence-electron chi connectivity index (χ2n) is 6.84. The molecule has 0 aliphatic carbocycles. The van der Waals surface area contributed by atoms with Crippen molar-refractivity contribution in [3.05, 3.63) is 83.2 Å². The molecule has 3 aromatic rings. The molecular formula is C22H20FN5O2. The lowest BCUT2D eigenvalue weighted by Crippen LogP contribution is -2.23. The summed E-state index contributed by atoms with van der Waals surface area (Å²) in [4.78, 5) is 16.9. The van der Waals surface area contributed by atoms with Gasteiger partial charge in [0.2, 0.25) is 0 Å². The molecule has 30 heavy (non-hydrogen) atoms. The first-order valence-electron chi connectivity index (χ1n) is 9.31. The Bertz CT molecular complexity index is 1130. The molecule has 1 unspecified atom stereocenters. The third kappa shape index (κ3) is 4.08. The first-order valence-corrected chi connectivity index (χ1v) is 9.31. The minimum absolute atomic E-state index is 0.0115. The third-order valence-electron chi connectivity index (χ3n) is 4.79. The Balaban J connectivity index is 1.47. The number of rotatable bonds is 5. The summed E-state index contributed by atoms with van der Waals surface area (Å²) < 4.78 is 13.8. The first-order chi connectivity index (χ1) is 14.5. The number of amides is 1. The van der Waals surface area contributed by atoms with E-state index in [4.69, 9.17) is 5.73 Å². The zero-order chi connectivity index (χ0) is 21.1. The maximum absolute atomic E-state index is 13.8. The maximum atomic E-state index is 13.8. The van der Waals surface area contributed by atoms with E-state index in [2.05, 4.69) is 21.2 Å². The average molecular weight is 405 g/mol. The minimum atomic E-state index is -0.587. The van der Waals surface area contributed by atoms with Crippen LogP contribution in [0.2, 0.25) is 0 Å². The number of hydrogen-bond acceptors (Lipinski definition) is 6. The van der Waals surface area contributed by atoms with E-state index in [1.54, 1.807) is 24.4 Å². The van der Waals surface area contributed by atoms with E-state index in [1.807, 2.05) is 24.3 Å². The molecule has 0 fully saturated rings. The zero-order valence-corrected chi connectivity index (χ0v) is 15.9. The van der Waals surface area contributed by atoms with E-state index in [0.717, 1.165) is 17.3 Å². The van der Waals surface area contributed by atoms with Crippen LogP contribution in [0.15, 0.2) is 65.7 Å². The zero-order valence-electron chi connectivity index (χ0n) is 15.9. The normalized spacial score (nSPS) is 15.0. The number of nitrogens with zero attached hydrogens (tertiary/aromatic N) is 1. The monoisotopic (exact) mass is 405 g/mol.